The van der Waals surface area contributed by atoms with Crippen LogP contribution in [0.5, 0.6) is 0 Å². The predicted octanol–water partition coefficient (Wildman–Crippen LogP) is 0.814. The van der Waals surface area contributed by atoms with E-state index in [1.54, 1.807) is 18.2 Å². The SMILES string of the molecule is O=C(Cn1cnc2ccc(Br)cc2c1=O)NCCCN1C(=O)CCC1=O. The molecule has 3 rings (SSSR count). The first-order valence-corrected chi connectivity index (χ1v) is 8.99. The van der Waals surface area contributed by atoms with Crippen LogP contribution in [0.1, 0.15) is 19.3 Å². The van der Waals surface area contributed by atoms with E-state index >= 15 is 0 Å². The number of imide groups is 1. The average Bonchev–Trinajstić information content (AvgIpc) is 2.93. The van der Waals surface area contributed by atoms with Crippen LogP contribution >= 0.6 is 15.9 Å². The van der Waals surface area contributed by atoms with Gasteiger partial charge in [-0.3, -0.25) is 28.6 Å². The zero-order valence-electron chi connectivity index (χ0n) is 13.9. The summed E-state index contributed by atoms with van der Waals surface area (Å²) in [4.78, 5) is 52.9. The Kier molecular flexibility index (Phi) is 5.46. The first kappa shape index (κ1) is 18.2. The van der Waals surface area contributed by atoms with Crippen LogP contribution in [0, 0.1) is 0 Å². The van der Waals surface area contributed by atoms with Crippen LogP contribution in [-0.2, 0) is 20.9 Å². The van der Waals surface area contributed by atoms with Crippen molar-refractivity contribution in [2.45, 2.75) is 25.8 Å². The summed E-state index contributed by atoms with van der Waals surface area (Å²) in [5.74, 6) is -0.662. The number of amides is 3. The maximum absolute atomic E-state index is 12.4. The predicted molar refractivity (Wildman–Crippen MR) is 97.3 cm³/mol. The molecule has 9 heteroatoms. The van der Waals surface area contributed by atoms with Crippen LogP contribution in [0.15, 0.2) is 33.8 Å². The Morgan fingerprint density at radius 2 is 1.92 bits per heavy atom. The van der Waals surface area contributed by atoms with Crippen molar-refractivity contribution in [3.8, 4) is 0 Å². The molecule has 1 saturated heterocycles. The zero-order valence-corrected chi connectivity index (χ0v) is 15.5. The molecule has 1 aliphatic rings. The lowest BCUT2D eigenvalue weighted by Crippen LogP contribution is -2.35. The summed E-state index contributed by atoms with van der Waals surface area (Å²) in [5, 5.41) is 3.12. The molecule has 136 valence electrons. The quantitative estimate of drug-likeness (QED) is 0.550. The van der Waals surface area contributed by atoms with Gasteiger partial charge in [0.2, 0.25) is 17.7 Å². The number of hydrogen-bond donors (Lipinski definition) is 1. The number of halogens is 1. The van der Waals surface area contributed by atoms with Crippen molar-refractivity contribution in [1.29, 1.82) is 0 Å². The number of carbonyl (C=O) groups excluding carboxylic acids is 3. The Morgan fingerprint density at radius 3 is 2.65 bits per heavy atom. The van der Waals surface area contributed by atoms with Gasteiger partial charge in [-0.25, -0.2) is 4.98 Å². The molecule has 1 aliphatic heterocycles. The smallest absolute Gasteiger partial charge is 0.261 e. The molecule has 1 N–H and O–H groups in total. The minimum atomic E-state index is -0.331. The Hall–Kier alpha value is -2.55. The Bertz CT molecular complexity index is 924. The van der Waals surface area contributed by atoms with Crippen molar-refractivity contribution in [1.82, 2.24) is 19.8 Å². The number of fused-ring (bicyclic) bond motifs is 1. The molecule has 0 spiro atoms. The van der Waals surface area contributed by atoms with Gasteiger partial charge in [-0.2, -0.15) is 0 Å². The van der Waals surface area contributed by atoms with Gasteiger partial charge >= 0.3 is 0 Å². The van der Waals surface area contributed by atoms with Crippen LogP contribution in [-0.4, -0.2) is 45.3 Å². The topological polar surface area (TPSA) is 101 Å². The van der Waals surface area contributed by atoms with Gasteiger partial charge in [0.05, 0.1) is 17.2 Å². The van der Waals surface area contributed by atoms with Crippen LogP contribution in [0.25, 0.3) is 10.9 Å². The second-order valence-corrected chi connectivity index (χ2v) is 6.90. The van der Waals surface area contributed by atoms with E-state index in [4.69, 9.17) is 0 Å². The van der Waals surface area contributed by atoms with E-state index in [-0.39, 0.29) is 42.7 Å². The third-order valence-electron chi connectivity index (χ3n) is 4.14. The first-order chi connectivity index (χ1) is 12.5. The highest BCUT2D eigenvalue weighted by Crippen LogP contribution is 2.14. The lowest BCUT2D eigenvalue weighted by Gasteiger charge is -2.13. The highest BCUT2D eigenvalue weighted by Gasteiger charge is 2.27. The Balaban J connectivity index is 1.54. The number of benzene rings is 1. The van der Waals surface area contributed by atoms with Gasteiger partial charge in [-0.05, 0) is 24.6 Å². The standard InChI is InChI=1S/C17H17BrN4O4/c18-11-2-3-13-12(8-11)17(26)21(10-20-13)9-14(23)19-6-1-7-22-15(24)4-5-16(22)25/h2-3,8,10H,1,4-7,9H2,(H,19,23). The van der Waals surface area contributed by atoms with Crippen molar-refractivity contribution in [3.63, 3.8) is 0 Å². The summed E-state index contributed by atoms with van der Waals surface area (Å²) in [6.07, 6.45) is 2.35. The number of carbonyl (C=O) groups is 3. The molecule has 8 nitrogen and oxygen atoms in total. The molecule has 0 bridgehead atoms. The van der Waals surface area contributed by atoms with E-state index in [1.807, 2.05) is 0 Å². The third-order valence-corrected chi connectivity index (χ3v) is 4.63. The summed E-state index contributed by atoms with van der Waals surface area (Å²) in [7, 11) is 0. The third kappa shape index (κ3) is 3.98. The molecule has 0 unspecified atom stereocenters. The first-order valence-electron chi connectivity index (χ1n) is 8.20. The lowest BCUT2D eigenvalue weighted by molar-refractivity contribution is -0.138. The van der Waals surface area contributed by atoms with Crippen LogP contribution in [0.4, 0.5) is 0 Å². The normalized spacial score (nSPS) is 14.3. The molecule has 1 aromatic carbocycles. The van der Waals surface area contributed by atoms with Crippen molar-refractivity contribution in [3.05, 3.63) is 39.4 Å². The fourth-order valence-electron chi connectivity index (χ4n) is 2.79. The molecule has 0 aliphatic carbocycles. The summed E-state index contributed by atoms with van der Waals surface area (Å²) in [6.45, 7) is 0.469. The van der Waals surface area contributed by atoms with Crippen LogP contribution in [0.2, 0.25) is 0 Å². The van der Waals surface area contributed by atoms with E-state index < -0.39 is 0 Å². The summed E-state index contributed by atoms with van der Waals surface area (Å²) in [5.41, 5.74) is 0.273. The van der Waals surface area contributed by atoms with Gasteiger partial charge in [0.15, 0.2) is 0 Å². The maximum atomic E-state index is 12.4. The van der Waals surface area contributed by atoms with Crippen molar-refractivity contribution in [2.24, 2.45) is 0 Å². The minimum Gasteiger partial charge on any atom is -0.354 e. The second kappa shape index (κ2) is 7.77. The van der Waals surface area contributed by atoms with E-state index in [2.05, 4.69) is 26.2 Å². The fourth-order valence-corrected chi connectivity index (χ4v) is 3.15. The number of hydrogen-bond acceptors (Lipinski definition) is 5. The van der Waals surface area contributed by atoms with Crippen LogP contribution in [0.3, 0.4) is 0 Å². The molecule has 3 amide bonds. The van der Waals surface area contributed by atoms with Gasteiger partial charge in [0.1, 0.15) is 6.54 Å². The van der Waals surface area contributed by atoms with Crippen molar-refractivity contribution >= 4 is 44.6 Å². The van der Waals surface area contributed by atoms with Gasteiger partial charge in [0.25, 0.3) is 5.56 Å². The molecular weight excluding hydrogens is 404 g/mol. The van der Waals surface area contributed by atoms with Crippen molar-refractivity contribution in [2.75, 3.05) is 13.1 Å². The molecule has 0 saturated carbocycles. The van der Waals surface area contributed by atoms with E-state index in [0.717, 1.165) is 4.47 Å². The fraction of sp³-hybridized carbons (Fsp3) is 0.353. The van der Waals surface area contributed by atoms with Gasteiger partial charge in [-0.1, -0.05) is 15.9 Å². The molecule has 2 aromatic rings. The molecule has 1 fully saturated rings. The molecule has 1 aromatic heterocycles. The van der Waals surface area contributed by atoms with Gasteiger partial charge in [-0.15, -0.1) is 0 Å². The molecule has 26 heavy (non-hydrogen) atoms. The van der Waals surface area contributed by atoms with Gasteiger partial charge < -0.3 is 5.32 Å². The lowest BCUT2D eigenvalue weighted by atomic mass is 10.2. The monoisotopic (exact) mass is 420 g/mol. The average molecular weight is 421 g/mol. The second-order valence-electron chi connectivity index (χ2n) is 5.98. The summed E-state index contributed by atoms with van der Waals surface area (Å²) >= 11 is 3.31. The largest absolute Gasteiger partial charge is 0.354 e. The van der Waals surface area contributed by atoms with E-state index in [9.17, 15) is 19.2 Å². The Morgan fingerprint density at radius 1 is 1.19 bits per heavy atom. The number of nitrogens with zero attached hydrogens (tertiary/aromatic N) is 3. The molecular formula is C17H17BrN4O4. The van der Waals surface area contributed by atoms with E-state index in [0.29, 0.717) is 30.4 Å². The summed E-state index contributed by atoms with van der Waals surface area (Å²) < 4.78 is 2.01. The molecule has 2 heterocycles. The number of aromatic nitrogens is 2. The maximum Gasteiger partial charge on any atom is 0.261 e. The summed E-state index contributed by atoms with van der Waals surface area (Å²) in [6, 6.07) is 5.19. The highest BCUT2D eigenvalue weighted by molar-refractivity contribution is 9.10. The number of rotatable bonds is 6. The van der Waals surface area contributed by atoms with E-state index in [1.165, 1.54) is 15.8 Å². The Labute approximate surface area is 157 Å². The number of likely N-dealkylation sites (tertiary alicyclic amines) is 1. The molecule has 0 radical (unpaired) electrons. The minimum absolute atomic E-state index is 0.143. The van der Waals surface area contributed by atoms with Crippen LogP contribution < -0.4 is 10.9 Å². The highest BCUT2D eigenvalue weighted by atomic mass is 79.9. The zero-order chi connectivity index (χ0) is 18.7. The number of nitrogens with one attached hydrogen (secondary N) is 1. The molecule has 0 atom stereocenters. The van der Waals surface area contributed by atoms with Crippen molar-refractivity contribution < 1.29 is 14.4 Å². The van der Waals surface area contributed by atoms with Gasteiger partial charge in [0, 0.05) is 30.4 Å².